The zero-order valence-corrected chi connectivity index (χ0v) is 7.00. The first-order valence-corrected chi connectivity index (χ1v) is 3.89. The summed E-state index contributed by atoms with van der Waals surface area (Å²) in [7, 11) is 0. The molecule has 0 radical (unpaired) electrons. The molecule has 0 unspecified atom stereocenters. The third-order valence-electron chi connectivity index (χ3n) is 1.76. The third-order valence-corrected chi connectivity index (χ3v) is 1.76. The van der Waals surface area contributed by atoms with E-state index >= 15 is 0 Å². The highest BCUT2D eigenvalue weighted by Gasteiger charge is 2.37. The first-order valence-electron chi connectivity index (χ1n) is 3.89. The van der Waals surface area contributed by atoms with Crippen molar-refractivity contribution in [3.05, 3.63) is 23.8 Å². The molecule has 0 atom stereocenters. The minimum atomic E-state index is -3.30. The third kappa shape index (κ3) is 1.53. The van der Waals surface area contributed by atoms with Crippen molar-refractivity contribution < 1.29 is 23.0 Å². The molecule has 2 rings (SSSR count). The van der Waals surface area contributed by atoms with E-state index in [1.54, 1.807) is 0 Å². The molecule has 0 bridgehead atoms. The molecule has 3 nitrogen and oxygen atoms in total. The summed E-state index contributed by atoms with van der Waals surface area (Å²) in [5, 5.41) is 0. The largest absolute Gasteiger partial charge is 0.479 e. The van der Waals surface area contributed by atoms with Crippen molar-refractivity contribution in [1.82, 2.24) is 0 Å². The molecule has 5 heteroatoms. The molecule has 1 aromatic carbocycles. The standard InChI is InChI=1S/C9H6F2O3/c10-9(11)5-13-8-3-6(4-12)1-2-7(8)14-9/h1-4H,5H2. The number of aldehydes is 1. The second-order valence-electron chi connectivity index (χ2n) is 2.85. The molecule has 1 aliphatic heterocycles. The van der Waals surface area contributed by atoms with Crippen molar-refractivity contribution >= 4 is 6.29 Å². The van der Waals surface area contributed by atoms with Gasteiger partial charge >= 0.3 is 6.11 Å². The predicted octanol–water partition coefficient (Wildman–Crippen LogP) is 1.86. The molecule has 0 fully saturated rings. The van der Waals surface area contributed by atoms with Crippen molar-refractivity contribution in [2.24, 2.45) is 0 Å². The minimum Gasteiger partial charge on any atom is -0.479 e. The monoisotopic (exact) mass is 200 g/mol. The number of ether oxygens (including phenoxy) is 2. The molecule has 0 amide bonds. The highest BCUT2D eigenvalue weighted by Crippen LogP contribution is 2.36. The fourth-order valence-electron chi connectivity index (χ4n) is 1.15. The van der Waals surface area contributed by atoms with Crippen molar-refractivity contribution in [3.63, 3.8) is 0 Å². The van der Waals surface area contributed by atoms with Gasteiger partial charge in [-0.25, -0.2) is 0 Å². The lowest BCUT2D eigenvalue weighted by molar-refractivity contribution is -0.208. The topological polar surface area (TPSA) is 35.5 Å². The fraction of sp³-hybridized carbons (Fsp3) is 0.222. The zero-order valence-electron chi connectivity index (χ0n) is 7.00. The van der Waals surface area contributed by atoms with Crippen LogP contribution in [-0.2, 0) is 0 Å². The zero-order chi connectivity index (χ0) is 10.2. The van der Waals surface area contributed by atoms with Crippen molar-refractivity contribution in [2.75, 3.05) is 6.61 Å². The van der Waals surface area contributed by atoms with E-state index in [0.29, 0.717) is 11.8 Å². The predicted molar refractivity (Wildman–Crippen MR) is 42.9 cm³/mol. The average molecular weight is 200 g/mol. The number of halogens is 2. The van der Waals surface area contributed by atoms with Gasteiger partial charge in [0.1, 0.15) is 6.29 Å². The molecule has 1 aromatic rings. The van der Waals surface area contributed by atoms with Crippen LogP contribution in [0, 0.1) is 0 Å². The van der Waals surface area contributed by atoms with Crippen molar-refractivity contribution in [1.29, 1.82) is 0 Å². The summed E-state index contributed by atoms with van der Waals surface area (Å²) in [5.41, 5.74) is 0.359. The number of rotatable bonds is 1. The first-order chi connectivity index (χ1) is 6.61. The van der Waals surface area contributed by atoms with Crippen LogP contribution >= 0.6 is 0 Å². The minimum absolute atomic E-state index is 0.0492. The Balaban J connectivity index is 2.37. The molecule has 0 aromatic heterocycles. The molecule has 0 spiro atoms. The number of hydrogen-bond acceptors (Lipinski definition) is 3. The van der Waals surface area contributed by atoms with E-state index in [-0.39, 0.29) is 11.5 Å². The molecule has 1 aliphatic rings. The Kier molecular flexibility index (Phi) is 1.87. The lowest BCUT2D eigenvalue weighted by Crippen LogP contribution is -2.35. The average Bonchev–Trinajstić information content (AvgIpc) is 2.16. The molecule has 14 heavy (non-hydrogen) atoms. The lowest BCUT2D eigenvalue weighted by Gasteiger charge is -2.25. The maximum absolute atomic E-state index is 12.6. The van der Waals surface area contributed by atoms with Crippen LogP contribution in [0.5, 0.6) is 11.5 Å². The summed E-state index contributed by atoms with van der Waals surface area (Å²) in [5.74, 6) is 0.118. The van der Waals surface area contributed by atoms with Gasteiger partial charge in [-0.05, 0) is 18.2 Å². The van der Waals surface area contributed by atoms with Crippen LogP contribution in [0.3, 0.4) is 0 Å². The molecule has 1 heterocycles. The van der Waals surface area contributed by atoms with Crippen LogP contribution in [0.1, 0.15) is 10.4 Å². The summed E-state index contributed by atoms with van der Waals surface area (Å²) < 4.78 is 34.4. The van der Waals surface area contributed by atoms with E-state index in [2.05, 4.69) is 4.74 Å². The smallest absolute Gasteiger partial charge is 0.433 e. The molecule has 0 saturated carbocycles. The Bertz CT molecular complexity index is 376. The summed E-state index contributed by atoms with van der Waals surface area (Å²) in [6.45, 7) is -0.831. The van der Waals surface area contributed by atoms with E-state index in [0.717, 1.165) is 0 Å². The van der Waals surface area contributed by atoms with E-state index in [1.807, 2.05) is 0 Å². The second kappa shape index (κ2) is 2.94. The van der Waals surface area contributed by atoms with Gasteiger partial charge in [0.25, 0.3) is 0 Å². The normalized spacial score (nSPS) is 17.6. The Hall–Kier alpha value is -1.65. The summed E-state index contributed by atoms with van der Waals surface area (Å²) in [6.07, 6.45) is -2.69. The number of fused-ring (bicyclic) bond motifs is 1. The van der Waals surface area contributed by atoms with E-state index in [1.165, 1.54) is 18.2 Å². The molecular weight excluding hydrogens is 194 g/mol. The maximum Gasteiger partial charge on any atom is 0.433 e. The lowest BCUT2D eigenvalue weighted by atomic mass is 10.2. The van der Waals surface area contributed by atoms with Crippen molar-refractivity contribution in [3.8, 4) is 11.5 Å². The highest BCUT2D eigenvalue weighted by molar-refractivity contribution is 5.76. The van der Waals surface area contributed by atoms with E-state index in [9.17, 15) is 13.6 Å². The van der Waals surface area contributed by atoms with Gasteiger partial charge < -0.3 is 9.47 Å². The molecule has 0 saturated heterocycles. The first kappa shape index (κ1) is 8.93. The van der Waals surface area contributed by atoms with Gasteiger partial charge in [0, 0.05) is 5.56 Å². The van der Waals surface area contributed by atoms with Gasteiger partial charge in [-0.2, -0.15) is 8.78 Å². The second-order valence-corrected chi connectivity index (χ2v) is 2.85. The summed E-state index contributed by atoms with van der Waals surface area (Å²) >= 11 is 0. The van der Waals surface area contributed by atoms with Gasteiger partial charge in [0.05, 0.1) is 0 Å². The van der Waals surface area contributed by atoms with Gasteiger partial charge in [0.2, 0.25) is 0 Å². The highest BCUT2D eigenvalue weighted by atomic mass is 19.3. The molecule has 0 aliphatic carbocycles. The number of alkyl halides is 2. The van der Waals surface area contributed by atoms with Crippen LogP contribution in [0.4, 0.5) is 8.78 Å². The number of hydrogen-bond donors (Lipinski definition) is 0. The van der Waals surface area contributed by atoms with Crippen LogP contribution in [0.25, 0.3) is 0 Å². The van der Waals surface area contributed by atoms with Gasteiger partial charge in [-0.15, -0.1) is 0 Å². The molecule has 0 N–H and O–H groups in total. The SMILES string of the molecule is O=Cc1ccc2c(c1)OCC(F)(F)O2. The summed E-state index contributed by atoms with van der Waals surface area (Å²) in [4.78, 5) is 10.4. The van der Waals surface area contributed by atoms with E-state index < -0.39 is 12.7 Å². The van der Waals surface area contributed by atoms with Crippen LogP contribution in [0.2, 0.25) is 0 Å². The van der Waals surface area contributed by atoms with Crippen LogP contribution in [0.15, 0.2) is 18.2 Å². The van der Waals surface area contributed by atoms with E-state index in [4.69, 9.17) is 4.74 Å². The summed E-state index contributed by atoms with van der Waals surface area (Å²) in [6, 6.07) is 4.03. The molecule has 74 valence electrons. The Morgan fingerprint density at radius 2 is 2.14 bits per heavy atom. The fourth-order valence-corrected chi connectivity index (χ4v) is 1.15. The Morgan fingerprint density at radius 3 is 2.86 bits per heavy atom. The van der Waals surface area contributed by atoms with Gasteiger partial charge in [-0.1, -0.05) is 0 Å². The maximum atomic E-state index is 12.6. The van der Waals surface area contributed by atoms with Gasteiger partial charge in [-0.3, -0.25) is 4.79 Å². The molecular formula is C9H6F2O3. The Morgan fingerprint density at radius 1 is 1.36 bits per heavy atom. The Labute approximate surface area is 78.2 Å². The number of benzene rings is 1. The van der Waals surface area contributed by atoms with Crippen LogP contribution < -0.4 is 9.47 Å². The van der Waals surface area contributed by atoms with Gasteiger partial charge in [0.15, 0.2) is 18.1 Å². The number of carbonyl (C=O) groups excluding carboxylic acids is 1. The van der Waals surface area contributed by atoms with Crippen LogP contribution in [-0.4, -0.2) is 19.0 Å². The van der Waals surface area contributed by atoms with Crippen molar-refractivity contribution in [2.45, 2.75) is 6.11 Å². The quantitative estimate of drug-likeness (QED) is 0.649. The number of carbonyl (C=O) groups is 1.